The number of aliphatic hydroxyl groups is 1. The summed E-state index contributed by atoms with van der Waals surface area (Å²) in [6.07, 6.45) is 1.99. The molecule has 2 aromatic rings. The predicted octanol–water partition coefficient (Wildman–Crippen LogP) is 2.59. The van der Waals surface area contributed by atoms with E-state index < -0.39 is 4.92 Å². The van der Waals surface area contributed by atoms with Crippen LogP contribution < -0.4 is 5.32 Å². The molecule has 0 saturated heterocycles. The number of hydrogen-bond acceptors (Lipinski definition) is 6. The van der Waals surface area contributed by atoms with Crippen LogP contribution in [-0.2, 0) is 0 Å². The minimum atomic E-state index is -0.533. The van der Waals surface area contributed by atoms with Crippen molar-refractivity contribution in [3.8, 4) is 0 Å². The fourth-order valence-corrected chi connectivity index (χ4v) is 2.50. The summed E-state index contributed by atoms with van der Waals surface area (Å²) in [4.78, 5) is 14.8. The Bertz CT molecular complexity index is 528. The molecular formula is C12H13N3O3S. The van der Waals surface area contributed by atoms with Gasteiger partial charge in [0.05, 0.1) is 11.7 Å². The van der Waals surface area contributed by atoms with Crippen LogP contribution >= 0.6 is 11.3 Å². The number of rotatable bonds is 6. The largest absolute Gasteiger partial charge is 0.396 e. The summed E-state index contributed by atoms with van der Waals surface area (Å²) in [5.74, 6) is -0.180. The summed E-state index contributed by atoms with van der Waals surface area (Å²) in [6, 6.07) is 6.88. The van der Waals surface area contributed by atoms with Crippen LogP contribution in [-0.4, -0.2) is 21.6 Å². The molecule has 7 heteroatoms. The molecule has 100 valence electrons. The molecule has 0 amide bonds. The highest BCUT2D eigenvalue weighted by Gasteiger charge is 2.13. The molecule has 0 bridgehead atoms. The standard InChI is InChI=1S/C12H13N3O3S/c16-6-5-10(11-2-1-7-19-11)14-9-3-4-12(13-8-9)15(17)18/h1-4,7-8,10,14,16H,5-6H2/t10-/m0/s1. The Hall–Kier alpha value is -1.99. The van der Waals surface area contributed by atoms with Gasteiger partial charge in [-0.25, -0.2) is 0 Å². The van der Waals surface area contributed by atoms with Gasteiger partial charge in [-0.1, -0.05) is 6.07 Å². The average Bonchev–Trinajstić information content (AvgIpc) is 2.92. The van der Waals surface area contributed by atoms with Crippen LogP contribution in [0.15, 0.2) is 35.8 Å². The Balaban J connectivity index is 2.11. The molecule has 19 heavy (non-hydrogen) atoms. The Morgan fingerprint density at radius 2 is 2.32 bits per heavy atom. The van der Waals surface area contributed by atoms with Crippen LogP contribution in [0.4, 0.5) is 11.5 Å². The molecule has 6 nitrogen and oxygen atoms in total. The third kappa shape index (κ3) is 3.49. The number of aromatic nitrogens is 1. The molecule has 0 saturated carbocycles. The van der Waals surface area contributed by atoms with Crippen LogP contribution in [0.5, 0.6) is 0 Å². The van der Waals surface area contributed by atoms with E-state index in [0.717, 1.165) is 4.88 Å². The molecule has 0 fully saturated rings. The predicted molar refractivity (Wildman–Crippen MR) is 73.3 cm³/mol. The van der Waals surface area contributed by atoms with Gasteiger partial charge in [0, 0.05) is 17.6 Å². The van der Waals surface area contributed by atoms with E-state index in [0.29, 0.717) is 12.1 Å². The van der Waals surface area contributed by atoms with Gasteiger partial charge < -0.3 is 20.5 Å². The third-order valence-electron chi connectivity index (χ3n) is 2.58. The molecule has 0 aliphatic carbocycles. The van der Waals surface area contributed by atoms with Crippen LogP contribution in [0.2, 0.25) is 0 Å². The van der Waals surface area contributed by atoms with Gasteiger partial charge in [0.15, 0.2) is 6.20 Å². The molecule has 1 atom stereocenters. The van der Waals surface area contributed by atoms with E-state index in [9.17, 15) is 10.1 Å². The van der Waals surface area contributed by atoms with Crippen molar-refractivity contribution in [3.63, 3.8) is 0 Å². The Morgan fingerprint density at radius 1 is 1.47 bits per heavy atom. The zero-order valence-electron chi connectivity index (χ0n) is 10.0. The molecule has 0 aliphatic heterocycles. The number of nitrogens with one attached hydrogen (secondary N) is 1. The van der Waals surface area contributed by atoms with E-state index in [1.807, 2.05) is 17.5 Å². The summed E-state index contributed by atoms with van der Waals surface area (Å²) < 4.78 is 0. The lowest BCUT2D eigenvalue weighted by atomic mass is 10.1. The lowest BCUT2D eigenvalue weighted by Crippen LogP contribution is -2.11. The third-order valence-corrected chi connectivity index (χ3v) is 3.57. The minimum Gasteiger partial charge on any atom is -0.396 e. The number of aliphatic hydroxyl groups excluding tert-OH is 1. The number of thiophene rings is 1. The van der Waals surface area contributed by atoms with Crippen molar-refractivity contribution in [1.82, 2.24) is 4.98 Å². The first-order chi connectivity index (χ1) is 9.20. The zero-order chi connectivity index (χ0) is 13.7. The molecule has 2 N–H and O–H groups in total. The molecule has 0 spiro atoms. The molecule has 2 heterocycles. The van der Waals surface area contributed by atoms with Crippen molar-refractivity contribution >= 4 is 22.8 Å². The quantitative estimate of drug-likeness (QED) is 0.626. The van der Waals surface area contributed by atoms with E-state index >= 15 is 0 Å². The van der Waals surface area contributed by atoms with Crippen LogP contribution in [0.25, 0.3) is 0 Å². The molecule has 2 rings (SSSR count). The van der Waals surface area contributed by atoms with Gasteiger partial charge in [-0.05, 0) is 33.8 Å². The second-order valence-electron chi connectivity index (χ2n) is 3.89. The summed E-state index contributed by atoms with van der Waals surface area (Å²) in [7, 11) is 0. The molecule has 2 aromatic heterocycles. The lowest BCUT2D eigenvalue weighted by Gasteiger charge is -2.16. The van der Waals surface area contributed by atoms with Crippen LogP contribution in [0.1, 0.15) is 17.3 Å². The monoisotopic (exact) mass is 279 g/mol. The first-order valence-electron chi connectivity index (χ1n) is 5.72. The first-order valence-corrected chi connectivity index (χ1v) is 6.60. The van der Waals surface area contributed by atoms with Crippen molar-refractivity contribution < 1.29 is 10.0 Å². The normalized spacial score (nSPS) is 12.1. The molecule has 0 radical (unpaired) electrons. The number of pyridine rings is 1. The second kappa shape index (κ2) is 6.26. The Kier molecular flexibility index (Phi) is 4.43. The van der Waals surface area contributed by atoms with E-state index in [1.165, 1.54) is 12.3 Å². The molecular weight excluding hydrogens is 266 g/mol. The van der Waals surface area contributed by atoms with Crippen molar-refractivity contribution in [2.24, 2.45) is 0 Å². The van der Waals surface area contributed by atoms with Gasteiger partial charge in [0.1, 0.15) is 0 Å². The van der Waals surface area contributed by atoms with Gasteiger partial charge >= 0.3 is 5.82 Å². The van der Waals surface area contributed by atoms with E-state index in [1.54, 1.807) is 17.4 Å². The highest BCUT2D eigenvalue weighted by atomic mass is 32.1. The second-order valence-corrected chi connectivity index (χ2v) is 4.87. The van der Waals surface area contributed by atoms with Gasteiger partial charge in [-0.2, -0.15) is 0 Å². The topological polar surface area (TPSA) is 88.3 Å². The van der Waals surface area contributed by atoms with E-state index in [-0.39, 0.29) is 18.5 Å². The van der Waals surface area contributed by atoms with E-state index in [2.05, 4.69) is 10.3 Å². The number of anilines is 1. The maximum atomic E-state index is 10.5. The summed E-state index contributed by atoms with van der Waals surface area (Å²) >= 11 is 1.60. The Labute approximate surface area is 113 Å². The molecule has 0 unspecified atom stereocenters. The van der Waals surface area contributed by atoms with Gasteiger partial charge in [0.25, 0.3) is 0 Å². The number of nitrogens with zero attached hydrogens (tertiary/aromatic N) is 2. The smallest absolute Gasteiger partial charge is 0.363 e. The average molecular weight is 279 g/mol. The maximum absolute atomic E-state index is 10.5. The fraction of sp³-hybridized carbons (Fsp3) is 0.250. The van der Waals surface area contributed by atoms with Gasteiger partial charge in [0.2, 0.25) is 0 Å². The van der Waals surface area contributed by atoms with Crippen LogP contribution in [0, 0.1) is 10.1 Å². The molecule has 0 aromatic carbocycles. The number of hydrogen-bond donors (Lipinski definition) is 2. The first kappa shape index (κ1) is 13.4. The Morgan fingerprint density at radius 3 is 2.84 bits per heavy atom. The maximum Gasteiger partial charge on any atom is 0.363 e. The summed E-state index contributed by atoms with van der Waals surface area (Å²) in [5, 5.41) is 24.8. The lowest BCUT2D eigenvalue weighted by molar-refractivity contribution is -0.389. The number of nitro groups is 1. The SMILES string of the molecule is O=[N+]([O-])c1ccc(N[C@@H](CCO)c2cccs2)cn1. The van der Waals surface area contributed by atoms with E-state index in [4.69, 9.17) is 5.11 Å². The van der Waals surface area contributed by atoms with Gasteiger partial charge in [-0.3, -0.25) is 0 Å². The highest BCUT2D eigenvalue weighted by Crippen LogP contribution is 2.26. The highest BCUT2D eigenvalue weighted by molar-refractivity contribution is 7.10. The van der Waals surface area contributed by atoms with Crippen molar-refractivity contribution in [2.45, 2.75) is 12.5 Å². The fourth-order valence-electron chi connectivity index (χ4n) is 1.68. The van der Waals surface area contributed by atoms with Gasteiger partial charge in [-0.15, -0.1) is 11.3 Å². The van der Waals surface area contributed by atoms with Crippen molar-refractivity contribution in [1.29, 1.82) is 0 Å². The molecule has 0 aliphatic rings. The van der Waals surface area contributed by atoms with Crippen molar-refractivity contribution in [3.05, 3.63) is 50.8 Å². The minimum absolute atomic E-state index is 0.0201. The summed E-state index contributed by atoms with van der Waals surface area (Å²) in [5.41, 5.74) is 0.692. The summed E-state index contributed by atoms with van der Waals surface area (Å²) in [6.45, 7) is 0.0655. The van der Waals surface area contributed by atoms with Crippen LogP contribution in [0.3, 0.4) is 0 Å². The van der Waals surface area contributed by atoms with Crippen molar-refractivity contribution in [2.75, 3.05) is 11.9 Å². The zero-order valence-corrected chi connectivity index (χ0v) is 10.8.